The van der Waals surface area contributed by atoms with E-state index in [-0.39, 0.29) is 0 Å². The maximum absolute atomic E-state index is 9.29. The Morgan fingerprint density at radius 1 is 1.37 bits per heavy atom. The molecule has 3 nitrogen and oxygen atoms in total. The highest BCUT2D eigenvalue weighted by atomic mass is 35.5. The summed E-state index contributed by atoms with van der Waals surface area (Å²) in [6.45, 7) is 6.15. The van der Waals surface area contributed by atoms with Crippen molar-refractivity contribution in [2.75, 3.05) is 0 Å². The molecule has 0 saturated carbocycles. The molecule has 0 spiro atoms. The molecule has 4 heteroatoms. The molecule has 0 aliphatic carbocycles. The minimum Gasteiger partial charge on any atom is -0.236 e. The average molecular weight is 274 g/mol. The number of halogens is 1. The minimum absolute atomic E-state index is 0.409. The summed E-state index contributed by atoms with van der Waals surface area (Å²) in [5.74, 6) is 0.409. The van der Waals surface area contributed by atoms with E-state index in [4.69, 9.17) is 11.6 Å². The summed E-state index contributed by atoms with van der Waals surface area (Å²) in [5.41, 5.74) is 5.72. The lowest BCUT2D eigenvalue weighted by Crippen LogP contribution is -2.03. The van der Waals surface area contributed by atoms with Gasteiger partial charge in [-0.15, -0.1) is 11.6 Å². The smallest absolute Gasteiger partial charge is 0.101 e. The van der Waals surface area contributed by atoms with Crippen molar-refractivity contribution in [3.63, 3.8) is 0 Å². The van der Waals surface area contributed by atoms with Gasteiger partial charge in [-0.05, 0) is 43.5 Å². The first-order chi connectivity index (χ1) is 9.12. The number of benzene rings is 1. The van der Waals surface area contributed by atoms with Crippen LogP contribution in [-0.2, 0) is 12.3 Å². The number of rotatable bonds is 3. The Morgan fingerprint density at radius 2 is 2.11 bits per heavy atom. The third-order valence-corrected chi connectivity index (χ3v) is 3.67. The molecule has 0 atom stereocenters. The van der Waals surface area contributed by atoms with Crippen LogP contribution in [0.3, 0.4) is 0 Å². The predicted octanol–water partition coefficient (Wildman–Crippen LogP) is 3.66. The first-order valence-electron chi connectivity index (χ1n) is 6.26. The third-order valence-electron chi connectivity index (χ3n) is 3.36. The highest BCUT2D eigenvalue weighted by Crippen LogP contribution is 2.22. The van der Waals surface area contributed by atoms with E-state index in [9.17, 15) is 5.26 Å². The van der Waals surface area contributed by atoms with Crippen LogP contribution in [-0.4, -0.2) is 9.78 Å². The molecule has 1 aromatic carbocycles. The Morgan fingerprint density at radius 3 is 2.63 bits per heavy atom. The lowest BCUT2D eigenvalue weighted by molar-refractivity contribution is 0.829. The average Bonchev–Trinajstić information content (AvgIpc) is 2.72. The summed E-state index contributed by atoms with van der Waals surface area (Å²) in [6, 6.07) is 7.89. The van der Waals surface area contributed by atoms with Gasteiger partial charge >= 0.3 is 0 Å². The first-order valence-corrected chi connectivity index (χ1v) is 6.80. The molecule has 19 heavy (non-hydrogen) atoms. The van der Waals surface area contributed by atoms with Gasteiger partial charge in [-0.3, -0.25) is 0 Å². The molecule has 0 bridgehead atoms. The summed E-state index contributed by atoms with van der Waals surface area (Å²) in [5, 5.41) is 13.8. The number of hydrogen-bond acceptors (Lipinski definition) is 2. The van der Waals surface area contributed by atoms with Gasteiger partial charge in [-0.25, -0.2) is 4.68 Å². The Bertz CT molecular complexity index is 650. The van der Waals surface area contributed by atoms with Crippen molar-refractivity contribution < 1.29 is 0 Å². The standard InChI is InChI=1S/C15H16ClN3/c1-4-14-10(2)18-19(11(14)3)15-6-5-12(8-16)7-13(15)9-17/h5-7H,4,8H2,1-3H3. The van der Waals surface area contributed by atoms with Crippen LogP contribution >= 0.6 is 11.6 Å². The molecule has 98 valence electrons. The quantitative estimate of drug-likeness (QED) is 0.801. The van der Waals surface area contributed by atoms with Crippen molar-refractivity contribution in [1.29, 1.82) is 5.26 Å². The normalized spacial score (nSPS) is 10.5. The number of alkyl halides is 1. The zero-order valence-electron chi connectivity index (χ0n) is 11.4. The molecule has 2 aromatic rings. The Labute approximate surface area is 118 Å². The largest absolute Gasteiger partial charge is 0.236 e. The Kier molecular flexibility index (Phi) is 3.92. The number of aryl methyl sites for hydroxylation is 1. The van der Waals surface area contributed by atoms with Crippen molar-refractivity contribution in [3.05, 3.63) is 46.3 Å². The summed E-state index contributed by atoms with van der Waals surface area (Å²) < 4.78 is 1.85. The molecule has 0 saturated heterocycles. The maximum atomic E-state index is 9.29. The molecule has 0 N–H and O–H groups in total. The number of hydrogen-bond donors (Lipinski definition) is 0. The van der Waals surface area contributed by atoms with Crippen LogP contribution in [0.5, 0.6) is 0 Å². The number of nitriles is 1. The maximum Gasteiger partial charge on any atom is 0.101 e. The molecule has 0 unspecified atom stereocenters. The van der Waals surface area contributed by atoms with Gasteiger partial charge in [0.25, 0.3) is 0 Å². The number of aromatic nitrogens is 2. The highest BCUT2D eigenvalue weighted by Gasteiger charge is 2.14. The van der Waals surface area contributed by atoms with Gasteiger partial charge < -0.3 is 0 Å². The topological polar surface area (TPSA) is 41.6 Å². The lowest BCUT2D eigenvalue weighted by Gasteiger charge is -2.08. The lowest BCUT2D eigenvalue weighted by atomic mass is 10.1. The molecule has 0 fully saturated rings. The van der Waals surface area contributed by atoms with E-state index < -0.39 is 0 Å². The van der Waals surface area contributed by atoms with Crippen molar-refractivity contribution >= 4 is 11.6 Å². The van der Waals surface area contributed by atoms with E-state index in [1.807, 2.05) is 36.7 Å². The van der Waals surface area contributed by atoms with Gasteiger partial charge in [0, 0.05) is 11.6 Å². The number of nitrogens with zero attached hydrogens (tertiary/aromatic N) is 3. The van der Waals surface area contributed by atoms with Gasteiger partial charge in [0.05, 0.1) is 16.9 Å². The molecule has 2 rings (SSSR count). The molecule has 0 amide bonds. The fourth-order valence-electron chi connectivity index (χ4n) is 2.36. The zero-order valence-corrected chi connectivity index (χ0v) is 12.1. The molecule has 1 aromatic heterocycles. The van der Waals surface area contributed by atoms with E-state index in [0.717, 1.165) is 29.1 Å². The van der Waals surface area contributed by atoms with Gasteiger partial charge in [0.2, 0.25) is 0 Å². The zero-order chi connectivity index (χ0) is 14.0. The Hall–Kier alpha value is -1.79. The predicted molar refractivity (Wildman–Crippen MR) is 76.7 cm³/mol. The van der Waals surface area contributed by atoms with Gasteiger partial charge in [0.1, 0.15) is 6.07 Å². The van der Waals surface area contributed by atoms with Crippen LogP contribution in [0.15, 0.2) is 18.2 Å². The molecule has 0 aliphatic heterocycles. The monoisotopic (exact) mass is 273 g/mol. The second kappa shape index (κ2) is 5.46. The van der Waals surface area contributed by atoms with Gasteiger partial charge in [-0.2, -0.15) is 10.4 Å². The van der Waals surface area contributed by atoms with E-state index in [2.05, 4.69) is 18.1 Å². The SMILES string of the molecule is CCc1c(C)nn(-c2ccc(CCl)cc2C#N)c1C. The van der Waals surface area contributed by atoms with Crippen LogP contribution < -0.4 is 0 Å². The van der Waals surface area contributed by atoms with E-state index >= 15 is 0 Å². The fourth-order valence-corrected chi connectivity index (χ4v) is 2.53. The van der Waals surface area contributed by atoms with Crippen molar-refractivity contribution in [2.24, 2.45) is 0 Å². The van der Waals surface area contributed by atoms with Crippen LogP contribution in [0.1, 0.15) is 35.0 Å². The second-order valence-corrected chi connectivity index (χ2v) is 4.78. The Balaban J connectivity index is 2.63. The highest BCUT2D eigenvalue weighted by molar-refractivity contribution is 6.17. The molecular formula is C15H16ClN3. The van der Waals surface area contributed by atoms with E-state index in [0.29, 0.717) is 11.4 Å². The van der Waals surface area contributed by atoms with Crippen molar-refractivity contribution in [2.45, 2.75) is 33.1 Å². The fraction of sp³-hybridized carbons (Fsp3) is 0.333. The third kappa shape index (κ3) is 2.36. The van der Waals surface area contributed by atoms with Crippen molar-refractivity contribution in [1.82, 2.24) is 9.78 Å². The van der Waals surface area contributed by atoms with Crippen LogP contribution in [0, 0.1) is 25.2 Å². The van der Waals surface area contributed by atoms with E-state index in [1.54, 1.807) is 0 Å². The minimum atomic E-state index is 0.409. The summed E-state index contributed by atoms with van der Waals surface area (Å²) in [6.07, 6.45) is 0.944. The molecule has 0 aliphatic rings. The summed E-state index contributed by atoms with van der Waals surface area (Å²) in [7, 11) is 0. The summed E-state index contributed by atoms with van der Waals surface area (Å²) >= 11 is 5.81. The molecule has 1 heterocycles. The van der Waals surface area contributed by atoms with E-state index in [1.165, 1.54) is 5.56 Å². The molecule has 0 radical (unpaired) electrons. The van der Waals surface area contributed by atoms with Crippen molar-refractivity contribution in [3.8, 4) is 11.8 Å². The van der Waals surface area contributed by atoms with Crippen LogP contribution in [0.25, 0.3) is 5.69 Å². The second-order valence-electron chi connectivity index (χ2n) is 4.51. The van der Waals surface area contributed by atoms with Gasteiger partial charge in [0.15, 0.2) is 0 Å². The molecular weight excluding hydrogens is 258 g/mol. The van der Waals surface area contributed by atoms with Crippen LogP contribution in [0.2, 0.25) is 0 Å². The summed E-state index contributed by atoms with van der Waals surface area (Å²) in [4.78, 5) is 0. The van der Waals surface area contributed by atoms with Gasteiger partial charge in [-0.1, -0.05) is 13.0 Å². The first kappa shape index (κ1) is 13.6. The van der Waals surface area contributed by atoms with Crippen LogP contribution in [0.4, 0.5) is 0 Å².